The predicted octanol–water partition coefficient (Wildman–Crippen LogP) is 3.98. The smallest absolute Gasteiger partial charge is 0.410 e. The van der Waals surface area contributed by atoms with Crippen molar-refractivity contribution in [2.75, 3.05) is 13.1 Å². The zero-order valence-electron chi connectivity index (χ0n) is 19.9. The molecule has 2 saturated carbocycles. The third kappa shape index (κ3) is 3.65. The SMILES string of the molecule is Cc1cccn2c(C(C)(C)NC(=O)C3[C@H]4CN(C(=O)OC(C)(C)C)C[C@@H]34)nc(C3CC3)c12. The predicted molar refractivity (Wildman–Crippen MR) is 121 cm³/mol. The number of hydrogen-bond donors (Lipinski definition) is 1. The van der Waals surface area contributed by atoms with Crippen molar-refractivity contribution >= 4 is 17.5 Å². The Balaban J connectivity index is 1.28. The Morgan fingerprint density at radius 2 is 1.78 bits per heavy atom. The molecule has 172 valence electrons. The number of nitrogens with zero attached hydrogens (tertiary/aromatic N) is 3. The number of pyridine rings is 1. The molecule has 0 radical (unpaired) electrons. The average molecular weight is 439 g/mol. The molecular formula is C25H34N4O3. The van der Waals surface area contributed by atoms with E-state index >= 15 is 0 Å². The summed E-state index contributed by atoms with van der Waals surface area (Å²) in [5.41, 5.74) is 2.47. The van der Waals surface area contributed by atoms with Crippen molar-refractivity contribution in [2.24, 2.45) is 17.8 Å². The minimum absolute atomic E-state index is 0.0381. The zero-order chi connectivity index (χ0) is 23.0. The third-order valence-electron chi connectivity index (χ3n) is 7.00. The number of piperidine rings is 1. The van der Waals surface area contributed by atoms with E-state index in [-0.39, 0.29) is 29.8 Å². The van der Waals surface area contributed by atoms with Gasteiger partial charge in [0, 0.05) is 31.1 Å². The van der Waals surface area contributed by atoms with Crippen LogP contribution in [0.5, 0.6) is 0 Å². The van der Waals surface area contributed by atoms with Crippen molar-refractivity contribution in [2.45, 2.75) is 71.4 Å². The summed E-state index contributed by atoms with van der Waals surface area (Å²) in [5, 5.41) is 3.27. The lowest BCUT2D eigenvalue weighted by Crippen LogP contribution is -2.45. The number of likely N-dealkylation sites (tertiary alicyclic amines) is 1. The molecule has 3 atom stereocenters. The minimum Gasteiger partial charge on any atom is -0.444 e. The summed E-state index contributed by atoms with van der Waals surface area (Å²) < 4.78 is 7.63. The molecule has 1 saturated heterocycles. The molecule has 1 aliphatic heterocycles. The standard InChI is InChI=1S/C25H34N4O3/c1-14-8-7-11-29-20(14)19(15-9-10-15)26-22(29)25(5,6)27-21(30)18-16-12-28(13-17(16)18)23(31)32-24(2,3)4/h7-8,11,15-18H,9-10,12-13H2,1-6H3,(H,27,30)/t16-,17+,18?. The minimum atomic E-state index is -0.595. The molecule has 3 fully saturated rings. The van der Waals surface area contributed by atoms with Crippen LogP contribution in [0, 0.1) is 24.7 Å². The van der Waals surface area contributed by atoms with Crippen LogP contribution in [0.3, 0.4) is 0 Å². The maximum Gasteiger partial charge on any atom is 0.410 e. The van der Waals surface area contributed by atoms with Gasteiger partial charge in [0.2, 0.25) is 5.91 Å². The van der Waals surface area contributed by atoms with Crippen LogP contribution >= 0.6 is 0 Å². The average Bonchev–Trinajstić information content (AvgIpc) is 3.55. The summed E-state index contributed by atoms with van der Waals surface area (Å²) in [6, 6.07) is 4.17. The number of ether oxygens (including phenoxy) is 1. The Morgan fingerprint density at radius 3 is 2.38 bits per heavy atom. The number of rotatable bonds is 4. The molecule has 1 N–H and O–H groups in total. The number of carbonyl (C=O) groups is 2. The maximum atomic E-state index is 13.2. The molecule has 0 bridgehead atoms. The molecule has 1 unspecified atom stereocenters. The van der Waals surface area contributed by atoms with Crippen molar-refractivity contribution in [3.8, 4) is 0 Å². The Morgan fingerprint density at radius 1 is 1.12 bits per heavy atom. The van der Waals surface area contributed by atoms with Gasteiger partial charge in [0.05, 0.1) is 16.7 Å². The fourth-order valence-corrected chi connectivity index (χ4v) is 5.26. The highest BCUT2D eigenvalue weighted by Gasteiger charge is 2.61. The van der Waals surface area contributed by atoms with Crippen LogP contribution in [0.15, 0.2) is 18.3 Å². The van der Waals surface area contributed by atoms with Crippen LogP contribution in [0.2, 0.25) is 0 Å². The molecule has 2 aromatic heterocycles. The van der Waals surface area contributed by atoms with Crippen LogP contribution in [-0.4, -0.2) is 45.0 Å². The van der Waals surface area contributed by atoms with Gasteiger partial charge >= 0.3 is 6.09 Å². The van der Waals surface area contributed by atoms with Gasteiger partial charge in [0.1, 0.15) is 11.4 Å². The van der Waals surface area contributed by atoms with Gasteiger partial charge in [-0.1, -0.05) is 6.07 Å². The number of aryl methyl sites for hydroxylation is 1. The van der Waals surface area contributed by atoms with E-state index < -0.39 is 11.1 Å². The second-order valence-corrected chi connectivity index (χ2v) is 11.4. The monoisotopic (exact) mass is 438 g/mol. The number of hydrogen-bond acceptors (Lipinski definition) is 4. The van der Waals surface area contributed by atoms with Crippen molar-refractivity contribution in [1.29, 1.82) is 0 Å². The largest absolute Gasteiger partial charge is 0.444 e. The van der Waals surface area contributed by atoms with Crippen molar-refractivity contribution in [3.05, 3.63) is 35.4 Å². The topological polar surface area (TPSA) is 75.9 Å². The van der Waals surface area contributed by atoms with E-state index in [1.54, 1.807) is 4.90 Å². The molecule has 5 rings (SSSR count). The number of aromatic nitrogens is 2. The van der Waals surface area contributed by atoms with Gasteiger partial charge in [-0.2, -0.15) is 0 Å². The third-order valence-corrected chi connectivity index (χ3v) is 7.00. The second kappa shape index (κ2) is 6.96. The van der Waals surface area contributed by atoms with Crippen molar-refractivity contribution < 1.29 is 14.3 Å². The Hall–Kier alpha value is -2.57. The van der Waals surface area contributed by atoms with Crippen LogP contribution in [0.4, 0.5) is 4.79 Å². The molecule has 0 aromatic carbocycles. The highest BCUT2D eigenvalue weighted by molar-refractivity contribution is 5.84. The molecule has 32 heavy (non-hydrogen) atoms. The summed E-state index contributed by atoms with van der Waals surface area (Å²) in [6.07, 6.45) is 4.14. The molecule has 2 aromatic rings. The zero-order valence-corrected chi connectivity index (χ0v) is 19.9. The van der Waals surface area contributed by atoms with E-state index in [1.165, 1.54) is 23.9 Å². The summed E-state index contributed by atoms with van der Waals surface area (Å²) in [7, 11) is 0. The van der Waals surface area contributed by atoms with Crippen LogP contribution in [-0.2, 0) is 15.1 Å². The van der Waals surface area contributed by atoms with Gasteiger partial charge in [-0.25, -0.2) is 9.78 Å². The number of fused-ring (bicyclic) bond motifs is 2. The maximum absolute atomic E-state index is 13.2. The molecule has 7 heteroatoms. The number of amides is 2. The van der Waals surface area contributed by atoms with Gasteiger partial charge in [-0.05, 0) is 77.8 Å². The number of imidazole rings is 1. The van der Waals surface area contributed by atoms with Gasteiger partial charge in [-0.3, -0.25) is 4.79 Å². The van der Waals surface area contributed by atoms with Gasteiger partial charge in [-0.15, -0.1) is 0 Å². The Labute approximate surface area is 189 Å². The molecule has 3 aliphatic rings. The van der Waals surface area contributed by atoms with E-state index in [9.17, 15) is 9.59 Å². The lowest BCUT2D eigenvalue weighted by Gasteiger charge is -2.27. The van der Waals surface area contributed by atoms with Crippen LogP contribution < -0.4 is 5.32 Å². The van der Waals surface area contributed by atoms with Gasteiger partial charge in [0.25, 0.3) is 0 Å². The highest BCUT2D eigenvalue weighted by Crippen LogP contribution is 2.52. The van der Waals surface area contributed by atoms with E-state index in [4.69, 9.17) is 9.72 Å². The molecule has 0 spiro atoms. The first-order chi connectivity index (χ1) is 15.0. The number of carbonyl (C=O) groups excluding carboxylic acids is 2. The second-order valence-electron chi connectivity index (χ2n) is 11.4. The summed E-state index contributed by atoms with van der Waals surface area (Å²) in [5.74, 6) is 1.88. The molecule has 7 nitrogen and oxygen atoms in total. The Kier molecular flexibility index (Phi) is 4.63. The first-order valence-electron chi connectivity index (χ1n) is 11.7. The lowest BCUT2D eigenvalue weighted by molar-refractivity contribution is -0.125. The van der Waals surface area contributed by atoms with Crippen LogP contribution in [0.25, 0.3) is 5.52 Å². The number of nitrogens with one attached hydrogen (secondary N) is 1. The quantitative estimate of drug-likeness (QED) is 0.783. The van der Waals surface area contributed by atoms with Gasteiger partial charge < -0.3 is 19.4 Å². The van der Waals surface area contributed by atoms with Crippen LogP contribution in [0.1, 0.15) is 70.5 Å². The van der Waals surface area contributed by atoms with E-state index in [0.717, 1.165) is 11.5 Å². The molecular weight excluding hydrogens is 404 g/mol. The lowest BCUT2D eigenvalue weighted by atomic mass is 10.0. The van der Waals surface area contributed by atoms with Crippen molar-refractivity contribution in [1.82, 2.24) is 19.6 Å². The summed E-state index contributed by atoms with van der Waals surface area (Å²) >= 11 is 0. The summed E-state index contributed by atoms with van der Waals surface area (Å²) in [4.78, 5) is 32.3. The normalized spacial score (nSPS) is 25.1. The summed E-state index contributed by atoms with van der Waals surface area (Å²) in [6.45, 7) is 13.0. The molecule has 2 amide bonds. The highest BCUT2D eigenvalue weighted by atomic mass is 16.6. The Bertz CT molecular complexity index is 1080. The van der Waals surface area contributed by atoms with Crippen molar-refractivity contribution in [3.63, 3.8) is 0 Å². The molecule has 2 aliphatic carbocycles. The van der Waals surface area contributed by atoms with E-state index in [0.29, 0.717) is 19.0 Å². The first kappa shape index (κ1) is 21.3. The molecule has 3 heterocycles. The fraction of sp³-hybridized carbons (Fsp3) is 0.640. The van der Waals surface area contributed by atoms with Gasteiger partial charge in [0.15, 0.2) is 0 Å². The fourth-order valence-electron chi connectivity index (χ4n) is 5.26. The van der Waals surface area contributed by atoms with E-state index in [2.05, 4.69) is 28.9 Å². The first-order valence-corrected chi connectivity index (χ1v) is 11.7. The van der Waals surface area contributed by atoms with E-state index in [1.807, 2.05) is 40.7 Å².